The maximum Gasteiger partial charge on any atom is 0.328 e. The van der Waals surface area contributed by atoms with Gasteiger partial charge >= 0.3 is 12.0 Å². The highest BCUT2D eigenvalue weighted by atomic mass is 16.4. The Morgan fingerprint density at radius 3 is 2.67 bits per heavy atom. The van der Waals surface area contributed by atoms with Crippen molar-refractivity contribution in [3.05, 3.63) is 29.6 Å². The first-order valence-electron chi connectivity index (χ1n) is 5.32. The lowest BCUT2D eigenvalue weighted by atomic mass is 10.2. The number of nitrogens with one attached hydrogen (secondary N) is 2. The summed E-state index contributed by atoms with van der Waals surface area (Å²) >= 11 is 0. The number of aliphatic hydroxyl groups is 1. The largest absolute Gasteiger partial charge is 0.480 e. The van der Waals surface area contributed by atoms with Gasteiger partial charge in [0.15, 0.2) is 6.04 Å². The quantitative estimate of drug-likeness (QED) is 0.572. The van der Waals surface area contributed by atoms with Crippen molar-refractivity contribution >= 4 is 12.0 Å². The normalized spacial score (nSPS) is 11.7. The van der Waals surface area contributed by atoms with Gasteiger partial charge in [-0.15, -0.1) is 0 Å². The third kappa shape index (κ3) is 4.38. The van der Waals surface area contributed by atoms with Crippen molar-refractivity contribution in [2.75, 3.05) is 6.61 Å². The highest BCUT2D eigenvalue weighted by Crippen LogP contribution is 1.98. The molecule has 1 rings (SSSR count). The molecular weight excluding hydrogens is 238 g/mol. The summed E-state index contributed by atoms with van der Waals surface area (Å²) in [5.41, 5.74) is 1.67. The smallest absolute Gasteiger partial charge is 0.328 e. The maximum absolute atomic E-state index is 11.3. The number of nitrogens with zero attached hydrogens (tertiary/aromatic N) is 1. The average Bonchev–Trinajstić information content (AvgIpc) is 2.35. The van der Waals surface area contributed by atoms with E-state index in [0.717, 1.165) is 11.3 Å². The molecule has 0 aliphatic carbocycles. The Morgan fingerprint density at radius 1 is 1.44 bits per heavy atom. The van der Waals surface area contributed by atoms with E-state index in [1.165, 1.54) is 0 Å². The molecule has 98 valence electrons. The minimum absolute atomic E-state index is 0.233. The van der Waals surface area contributed by atoms with Crippen LogP contribution in [0.2, 0.25) is 0 Å². The van der Waals surface area contributed by atoms with Crippen molar-refractivity contribution in [2.24, 2.45) is 0 Å². The molecule has 1 aromatic heterocycles. The minimum atomic E-state index is -1.30. The molecule has 0 aliphatic rings. The van der Waals surface area contributed by atoms with E-state index in [0.29, 0.717) is 0 Å². The zero-order valence-electron chi connectivity index (χ0n) is 9.88. The summed E-state index contributed by atoms with van der Waals surface area (Å²) in [4.78, 5) is 26.0. The van der Waals surface area contributed by atoms with Gasteiger partial charge in [0.1, 0.15) is 0 Å². The number of rotatable bonds is 5. The SMILES string of the molecule is Cc1ccc(CNC(=O)NC(CO)C(=O)O)cn1. The monoisotopic (exact) mass is 253 g/mol. The number of hydrogen-bond donors (Lipinski definition) is 4. The molecule has 0 aromatic carbocycles. The molecule has 0 radical (unpaired) electrons. The Morgan fingerprint density at radius 2 is 2.17 bits per heavy atom. The first-order valence-corrected chi connectivity index (χ1v) is 5.32. The second-order valence-electron chi connectivity index (χ2n) is 3.71. The van der Waals surface area contributed by atoms with Crippen molar-refractivity contribution in [3.63, 3.8) is 0 Å². The van der Waals surface area contributed by atoms with Gasteiger partial charge in [0.25, 0.3) is 0 Å². The number of carbonyl (C=O) groups excluding carboxylic acids is 1. The number of carboxylic acids is 1. The van der Waals surface area contributed by atoms with E-state index in [1.807, 2.05) is 19.1 Å². The highest BCUT2D eigenvalue weighted by Gasteiger charge is 2.18. The molecule has 1 unspecified atom stereocenters. The minimum Gasteiger partial charge on any atom is -0.480 e. The van der Waals surface area contributed by atoms with Crippen LogP contribution in [0.25, 0.3) is 0 Å². The van der Waals surface area contributed by atoms with Gasteiger partial charge in [-0.25, -0.2) is 9.59 Å². The standard InChI is InChI=1S/C11H15N3O4/c1-7-2-3-8(4-12-7)5-13-11(18)14-9(6-15)10(16)17/h2-4,9,15H,5-6H2,1H3,(H,16,17)(H2,13,14,18). The predicted molar refractivity (Wildman–Crippen MR) is 62.9 cm³/mol. The molecule has 0 spiro atoms. The lowest BCUT2D eigenvalue weighted by molar-refractivity contribution is -0.140. The summed E-state index contributed by atoms with van der Waals surface area (Å²) in [5, 5.41) is 22.0. The first-order chi connectivity index (χ1) is 8.52. The van der Waals surface area contributed by atoms with Crippen LogP contribution in [0, 0.1) is 6.92 Å². The second kappa shape index (κ2) is 6.55. The van der Waals surface area contributed by atoms with Crippen LogP contribution in [0.5, 0.6) is 0 Å². The number of urea groups is 1. The Labute approximate surface area is 104 Å². The van der Waals surface area contributed by atoms with Gasteiger partial charge in [-0.3, -0.25) is 4.98 Å². The summed E-state index contributed by atoms with van der Waals surface area (Å²) in [6, 6.07) is 1.66. The van der Waals surface area contributed by atoms with Crippen LogP contribution in [0.4, 0.5) is 4.79 Å². The molecule has 4 N–H and O–H groups in total. The Hall–Kier alpha value is -2.15. The molecule has 7 heteroatoms. The van der Waals surface area contributed by atoms with Gasteiger partial charge in [0.05, 0.1) is 6.61 Å². The summed E-state index contributed by atoms with van der Waals surface area (Å²) in [5.74, 6) is -1.29. The molecular formula is C11H15N3O4. The van der Waals surface area contributed by atoms with Crippen LogP contribution >= 0.6 is 0 Å². The summed E-state index contributed by atoms with van der Waals surface area (Å²) in [6.45, 7) is 1.42. The van der Waals surface area contributed by atoms with Gasteiger partial charge < -0.3 is 20.8 Å². The molecule has 18 heavy (non-hydrogen) atoms. The van der Waals surface area contributed by atoms with Crippen molar-refractivity contribution in [3.8, 4) is 0 Å². The van der Waals surface area contributed by atoms with Crippen LogP contribution < -0.4 is 10.6 Å². The maximum atomic E-state index is 11.3. The Balaban J connectivity index is 2.41. The number of aliphatic carboxylic acids is 1. The van der Waals surface area contributed by atoms with Crippen LogP contribution in [-0.4, -0.2) is 39.8 Å². The number of carboxylic acid groups (broad SMARTS) is 1. The fourth-order valence-electron chi connectivity index (χ4n) is 1.18. The summed E-state index contributed by atoms with van der Waals surface area (Å²) < 4.78 is 0. The topological polar surface area (TPSA) is 112 Å². The lowest BCUT2D eigenvalue weighted by Gasteiger charge is -2.12. The van der Waals surface area contributed by atoms with Crippen molar-refractivity contribution in [1.82, 2.24) is 15.6 Å². The molecule has 1 aromatic rings. The molecule has 0 saturated carbocycles. The third-order valence-corrected chi connectivity index (χ3v) is 2.21. The fraction of sp³-hybridized carbons (Fsp3) is 0.364. The van der Waals surface area contributed by atoms with E-state index in [4.69, 9.17) is 10.2 Å². The summed E-state index contributed by atoms with van der Waals surface area (Å²) in [7, 11) is 0. The highest BCUT2D eigenvalue weighted by molar-refractivity contribution is 5.82. The van der Waals surface area contributed by atoms with Crippen LogP contribution in [0.15, 0.2) is 18.3 Å². The van der Waals surface area contributed by atoms with Crippen LogP contribution in [0.1, 0.15) is 11.3 Å². The number of aromatic nitrogens is 1. The van der Waals surface area contributed by atoms with E-state index in [1.54, 1.807) is 6.20 Å². The molecule has 2 amide bonds. The van der Waals surface area contributed by atoms with Crippen molar-refractivity contribution in [1.29, 1.82) is 0 Å². The zero-order chi connectivity index (χ0) is 13.5. The van der Waals surface area contributed by atoms with Crippen molar-refractivity contribution < 1.29 is 19.8 Å². The van der Waals surface area contributed by atoms with Gasteiger partial charge in [0.2, 0.25) is 0 Å². The number of aryl methyl sites for hydroxylation is 1. The summed E-state index contributed by atoms with van der Waals surface area (Å²) in [6.07, 6.45) is 1.62. The molecule has 1 heterocycles. The van der Waals surface area contributed by atoms with Crippen molar-refractivity contribution in [2.45, 2.75) is 19.5 Å². The van der Waals surface area contributed by atoms with E-state index in [2.05, 4.69) is 15.6 Å². The third-order valence-electron chi connectivity index (χ3n) is 2.21. The Kier molecular flexibility index (Phi) is 5.06. The molecule has 1 atom stereocenters. The zero-order valence-corrected chi connectivity index (χ0v) is 9.88. The molecule has 0 bridgehead atoms. The Bertz CT molecular complexity index is 419. The van der Waals surface area contributed by atoms with E-state index in [-0.39, 0.29) is 6.54 Å². The number of hydrogen-bond acceptors (Lipinski definition) is 4. The average molecular weight is 253 g/mol. The second-order valence-corrected chi connectivity index (χ2v) is 3.71. The molecule has 0 saturated heterocycles. The molecule has 0 aliphatic heterocycles. The van der Waals surface area contributed by atoms with Crippen LogP contribution in [0.3, 0.4) is 0 Å². The van der Waals surface area contributed by atoms with Gasteiger partial charge in [-0.2, -0.15) is 0 Å². The lowest BCUT2D eigenvalue weighted by Crippen LogP contribution is -2.47. The number of carbonyl (C=O) groups is 2. The molecule has 0 fully saturated rings. The van der Waals surface area contributed by atoms with Gasteiger partial charge in [-0.1, -0.05) is 6.07 Å². The number of aliphatic hydroxyl groups excluding tert-OH is 1. The number of amides is 2. The van der Waals surface area contributed by atoms with Gasteiger partial charge in [-0.05, 0) is 18.6 Å². The van der Waals surface area contributed by atoms with E-state index in [9.17, 15) is 9.59 Å². The molecule has 7 nitrogen and oxygen atoms in total. The van der Waals surface area contributed by atoms with Gasteiger partial charge in [0, 0.05) is 18.4 Å². The first kappa shape index (κ1) is 13.9. The predicted octanol–water partition coefficient (Wildman–Crippen LogP) is -0.365. The van der Waals surface area contributed by atoms with E-state index >= 15 is 0 Å². The van der Waals surface area contributed by atoms with Crippen LogP contribution in [-0.2, 0) is 11.3 Å². The fourth-order valence-corrected chi connectivity index (χ4v) is 1.18. The van der Waals surface area contributed by atoms with E-state index < -0.39 is 24.6 Å². The number of pyridine rings is 1.